The van der Waals surface area contributed by atoms with Gasteiger partial charge in [0.05, 0.1) is 0 Å². The number of pyridine rings is 1. The molecule has 24 heavy (non-hydrogen) atoms. The molecule has 0 aliphatic heterocycles. The van der Waals surface area contributed by atoms with Crippen molar-refractivity contribution in [3.63, 3.8) is 0 Å². The summed E-state index contributed by atoms with van der Waals surface area (Å²) in [5.74, 6) is 1.81. The zero-order valence-corrected chi connectivity index (χ0v) is 15.6. The molecule has 2 rings (SSSR count). The second kappa shape index (κ2) is 10.2. The molecule has 1 aromatic heterocycles. The molecule has 0 fully saturated rings. The van der Waals surface area contributed by atoms with E-state index < -0.39 is 0 Å². The van der Waals surface area contributed by atoms with Crippen LogP contribution in [0.25, 0.3) is 0 Å². The molecule has 0 spiro atoms. The number of nitrogens with one attached hydrogen (secondary N) is 2. The summed E-state index contributed by atoms with van der Waals surface area (Å²) >= 11 is 7.62. The molecular formula is C18H23ClN4S. The Morgan fingerprint density at radius 3 is 2.54 bits per heavy atom. The molecule has 6 heteroatoms. The minimum Gasteiger partial charge on any atom is -0.356 e. The highest BCUT2D eigenvalue weighted by molar-refractivity contribution is 7.99. The molecule has 128 valence electrons. The van der Waals surface area contributed by atoms with E-state index in [4.69, 9.17) is 11.6 Å². The Morgan fingerprint density at radius 1 is 1.12 bits per heavy atom. The molecule has 2 N–H and O–H groups in total. The molecule has 1 aromatic carbocycles. The predicted molar refractivity (Wildman–Crippen MR) is 104 cm³/mol. The molecule has 0 amide bonds. The fourth-order valence-corrected chi connectivity index (χ4v) is 2.95. The zero-order valence-electron chi connectivity index (χ0n) is 14.1. The zero-order chi connectivity index (χ0) is 17.2. The van der Waals surface area contributed by atoms with Gasteiger partial charge in [0.1, 0.15) is 5.15 Å². The molecule has 0 unspecified atom stereocenters. The van der Waals surface area contributed by atoms with Crippen LogP contribution in [0.5, 0.6) is 0 Å². The number of nitrogens with zero attached hydrogens (tertiary/aromatic N) is 2. The van der Waals surface area contributed by atoms with Gasteiger partial charge in [-0.05, 0) is 37.1 Å². The van der Waals surface area contributed by atoms with Gasteiger partial charge in [0.2, 0.25) is 0 Å². The first-order chi connectivity index (χ1) is 11.7. The van der Waals surface area contributed by atoms with Gasteiger partial charge in [-0.2, -0.15) is 0 Å². The Labute approximate surface area is 153 Å². The van der Waals surface area contributed by atoms with Crippen LogP contribution in [0.1, 0.15) is 11.1 Å². The third-order valence-electron chi connectivity index (χ3n) is 3.40. The van der Waals surface area contributed by atoms with Crippen LogP contribution >= 0.6 is 23.4 Å². The summed E-state index contributed by atoms with van der Waals surface area (Å²) in [6.07, 6.45) is 2.68. The lowest BCUT2D eigenvalue weighted by Gasteiger charge is -2.11. The summed E-state index contributed by atoms with van der Waals surface area (Å²) in [4.78, 5) is 9.61. The summed E-state index contributed by atoms with van der Waals surface area (Å²) in [6, 6.07) is 12.4. The maximum atomic E-state index is 5.78. The summed E-state index contributed by atoms with van der Waals surface area (Å²) in [5, 5.41) is 7.16. The van der Waals surface area contributed by atoms with Crippen molar-refractivity contribution in [2.75, 3.05) is 25.9 Å². The van der Waals surface area contributed by atoms with Gasteiger partial charge < -0.3 is 10.6 Å². The number of hydrogen-bond donors (Lipinski definition) is 2. The molecule has 0 saturated carbocycles. The minimum atomic E-state index is 0.523. The van der Waals surface area contributed by atoms with Crippen molar-refractivity contribution >= 4 is 29.3 Å². The van der Waals surface area contributed by atoms with E-state index in [2.05, 4.69) is 51.8 Å². The van der Waals surface area contributed by atoms with Gasteiger partial charge in [-0.1, -0.05) is 35.4 Å². The molecular weight excluding hydrogens is 340 g/mol. The number of guanidine groups is 1. The van der Waals surface area contributed by atoms with Crippen molar-refractivity contribution in [3.8, 4) is 0 Å². The normalized spacial score (nSPS) is 11.4. The average molecular weight is 363 g/mol. The molecule has 0 radical (unpaired) electrons. The lowest BCUT2D eigenvalue weighted by Crippen LogP contribution is -2.39. The number of aliphatic imine (C=N–C) groups is 1. The topological polar surface area (TPSA) is 49.3 Å². The van der Waals surface area contributed by atoms with Crippen molar-refractivity contribution in [2.45, 2.75) is 18.2 Å². The second-order valence-corrected chi connectivity index (χ2v) is 6.88. The maximum absolute atomic E-state index is 5.78. The third-order valence-corrected chi connectivity index (χ3v) is 4.64. The summed E-state index contributed by atoms with van der Waals surface area (Å²) < 4.78 is 0. The Morgan fingerprint density at radius 2 is 1.88 bits per heavy atom. The largest absolute Gasteiger partial charge is 0.356 e. The van der Waals surface area contributed by atoms with Gasteiger partial charge in [-0.25, -0.2) is 4.98 Å². The van der Waals surface area contributed by atoms with Crippen molar-refractivity contribution in [1.82, 2.24) is 15.6 Å². The summed E-state index contributed by atoms with van der Waals surface area (Å²) in [6.45, 7) is 3.76. The van der Waals surface area contributed by atoms with Crippen LogP contribution in [-0.4, -0.2) is 36.8 Å². The van der Waals surface area contributed by atoms with Crippen LogP contribution in [0.4, 0.5) is 0 Å². The lowest BCUT2D eigenvalue weighted by atomic mass is 10.2. The highest BCUT2D eigenvalue weighted by Crippen LogP contribution is 2.17. The number of thioether (sulfide) groups is 1. The molecule has 0 bridgehead atoms. The molecule has 0 aliphatic rings. The molecule has 0 saturated heterocycles. The van der Waals surface area contributed by atoms with Crippen LogP contribution < -0.4 is 10.6 Å². The first-order valence-corrected chi connectivity index (χ1v) is 9.28. The van der Waals surface area contributed by atoms with Crippen LogP contribution in [0, 0.1) is 6.92 Å². The fourth-order valence-electron chi connectivity index (χ4n) is 2.07. The summed E-state index contributed by atoms with van der Waals surface area (Å²) in [7, 11) is 1.78. The number of rotatable bonds is 7. The number of aromatic nitrogens is 1. The molecule has 1 heterocycles. The molecule has 4 nitrogen and oxygen atoms in total. The first-order valence-electron chi connectivity index (χ1n) is 7.92. The van der Waals surface area contributed by atoms with E-state index >= 15 is 0 Å². The van der Waals surface area contributed by atoms with E-state index in [0.717, 1.165) is 36.8 Å². The SMILES string of the molecule is CN=C(NCCSc1ccc(C)cc1)NCCc1ccc(Cl)nc1. The smallest absolute Gasteiger partial charge is 0.191 e. The minimum absolute atomic E-state index is 0.523. The van der Waals surface area contributed by atoms with E-state index in [0.29, 0.717) is 5.15 Å². The molecule has 2 aromatic rings. The number of hydrogen-bond acceptors (Lipinski definition) is 3. The second-order valence-electron chi connectivity index (χ2n) is 5.33. The van der Waals surface area contributed by atoms with Crippen molar-refractivity contribution < 1.29 is 0 Å². The van der Waals surface area contributed by atoms with Gasteiger partial charge in [-0.3, -0.25) is 4.99 Å². The van der Waals surface area contributed by atoms with E-state index in [9.17, 15) is 0 Å². The van der Waals surface area contributed by atoms with E-state index in [1.807, 2.05) is 23.9 Å². The maximum Gasteiger partial charge on any atom is 0.191 e. The molecule has 0 atom stereocenters. The highest BCUT2D eigenvalue weighted by atomic mass is 35.5. The summed E-state index contributed by atoms with van der Waals surface area (Å²) in [5.41, 5.74) is 2.44. The monoisotopic (exact) mass is 362 g/mol. The van der Waals surface area contributed by atoms with Gasteiger partial charge in [0.15, 0.2) is 5.96 Å². The number of halogens is 1. The number of aryl methyl sites for hydroxylation is 1. The van der Waals surface area contributed by atoms with Crippen LogP contribution in [-0.2, 0) is 6.42 Å². The van der Waals surface area contributed by atoms with Crippen LogP contribution in [0.15, 0.2) is 52.5 Å². The van der Waals surface area contributed by atoms with E-state index in [1.165, 1.54) is 10.5 Å². The van der Waals surface area contributed by atoms with Crippen molar-refractivity contribution in [2.24, 2.45) is 4.99 Å². The lowest BCUT2D eigenvalue weighted by molar-refractivity contribution is 0.810. The molecule has 0 aliphatic carbocycles. The number of benzene rings is 1. The Hall–Kier alpha value is -1.72. The highest BCUT2D eigenvalue weighted by Gasteiger charge is 1.99. The van der Waals surface area contributed by atoms with Crippen molar-refractivity contribution in [3.05, 3.63) is 58.9 Å². The van der Waals surface area contributed by atoms with E-state index in [-0.39, 0.29) is 0 Å². The predicted octanol–water partition coefficient (Wildman–Crippen LogP) is 3.54. The van der Waals surface area contributed by atoms with Gasteiger partial charge in [-0.15, -0.1) is 11.8 Å². The van der Waals surface area contributed by atoms with Crippen molar-refractivity contribution in [1.29, 1.82) is 0 Å². The first kappa shape index (κ1) is 18.6. The van der Waals surface area contributed by atoms with Gasteiger partial charge in [0, 0.05) is 37.0 Å². The van der Waals surface area contributed by atoms with Crippen LogP contribution in [0.3, 0.4) is 0 Å². The van der Waals surface area contributed by atoms with E-state index in [1.54, 1.807) is 13.2 Å². The average Bonchev–Trinajstić information content (AvgIpc) is 2.60. The van der Waals surface area contributed by atoms with Gasteiger partial charge in [0.25, 0.3) is 0 Å². The third kappa shape index (κ3) is 6.81. The Kier molecular flexibility index (Phi) is 7.92. The van der Waals surface area contributed by atoms with Crippen LogP contribution in [0.2, 0.25) is 5.15 Å². The Bertz CT molecular complexity index is 641. The fraction of sp³-hybridized carbons (Fsp3) is 0.333. The van der Waals surface area contributed by atoms with Gasteiger partial charge >= 0.3 is 0 Å². The Balaban J connectivity index is 1.63. The standard InChI is InChI=1S/C18H23ClN4S/c1-14-3-6-16(7-4-14)24-12-11-22-18(20-2)21-10-9-15-5-8-17(19)23-13-15/h3-8,13H,9-12H2,1-2H3,(H2,20,21,22). The quantitative estimate of drug-likeness (QED) is 0.260.